The molecule has 0 fully saturated rings. The Balaban J connectivity index is 2.21. The van der Waals surface area contributed by atoms with Gasteiger partial charge < -0.3 is 5.32 Å². The summed E-state index contributed by atoms with van der Waals surface area (Å²) in [6.45, 7) is 2.83. The van der Waals surface area contributed by atoms with E-state index in [2.05, 4.69) is 26.0 Å². The molecule has 21 heavy (non-hydrogen) atoms. The zero-order chi connectivity index (χ0) is 15.3. The standard InChI is InChI=1S/C15H17BrN2O2S/c1-2-17-14-9-5-6-10-15(14)21(19,20)18-11-12-7-3-4-8-13(12)16/h3-10,17-18H,2,11H2,1H3. The molecule has 0 spiro atoms. The second kappa shape index (κ2) is 7.06. The molecule has 0 aliphatic rings. The lowest BCUT2D eigenvalue weighted by atomic mass is 10.2. The highest BCUT2D eigenvalue weighted by Gasteiger charge is 2.17. The van der Waals surface area contributed by atoms with E-state index in [0.29, 0.717) is 12.2 Å². The maximum Gasteiger partial charge on any atom is 0.242 e. The molecule has 0 aliphatic carbocycles. The van der Waals surface area contributed by atoms with Gasteiger partial charge in [-0.15, -0.1) is 0 Å². The van der Waals surface area contributed by atoms with E-state index >= 15 is 0 Å². The summed E-state index contributed by atoms with van der Waals surface area (Å²) in [7, 11) is -3.56. The van der Waals surface area contributed by atoms with Gasteiger partial charge in [0.15, 0.2) is 0 Å². The fraction of sp³-hybridized carbons (Fsp3) is 0.200. The van der Waals surface area contributed by atoms with Crippen molar-refractivity contribution in [3.05, 3.63) is 58.6 Å². The van der Waals surface area contributed by atoms with Crippen LogP contribution < -0.4 is 10.0 Å². The van der Waals surface area contributed by atoms with E-state index in [1.54, 1.807) is 18.2 Å². The highest BCUT2D eigenvalue weighted by Crippen LogP contribution is 2.21. The normalized spacial score (nSPS) is 11.3. The van der Waals surface area contributed by atoms with E-state index in [4.69, 9.17) is 0 Å². The first-order valence-corrected chi connectivity index (χ1v) is 8.88. The van der Waals surface area contributed by atoms with Gasteiger partial charge >= 0.3 is 0 Å². The molecule has 0 saturated heterocycles. The van der Waals surface area contributed by atoms with Gasteiger partial charge in [0.1, 0.15) is 4.90 Å². The molecule has 0 heterocycles. The van der Waals surface area contributed by atoms with Crippen LogP contribution in [0.25, 0.3) is 0 Å². The fourth-order valence-electron chi connectivity index (χ4n) is 1.93. The molecule has 0 unspecified atom stereocenters. The number of nitrogens with one attached hydrogen (secondary N) is 2. The minimum Gasteiger partial charge on any atom is -0.384 e. The SMILES string of the molecule is CCNc1ccccc1S(=O)(=O)NCc1ccccc1Br. The van der Waals surface area contributed by atoms with Gasteiger partial charge in [0.2, 0.25) is 10.0 Å². The number of hydrogen-bond donors (Lipinski definition) is 2. The Hall–Kier alpha value is -1.37. The van der Waals surface area contributed by atoms with Crippen molar-refractivity contribution in [3.63, 3.8) is 0 Å². The molecular weight excluding hydrogens is 352 g/mol. The van der Waals surface area contributed by atoms with Gasteiger partial charge in [-0.2, -0.15) is 0 Å². The molecule has 2 N–H and O–H groups in total. The first-order valence-electron chi connectivity index (χ1n) is 6.60. The second-order valence-electron chi connectivity index (χ2n) is 4.44. The second-order valence-corrected chi connectivity index (χ2v) is 7.03. The molecule has 2 aromatic carbocycles. The Bertz CT molecular complexity index is 717. The van der Waals surface area contributed by atoms with Crippen LogP contribution in [0, 0.1) is 0 Å². The van der Waals surface area contributed by atoms with Crippen molar-refractivity contribution in [1.82, 2.24) is 4.72 Å². The lowest BCUT2D eigenvalue weighted by Gasteiger charge is -2.12. The molecule has 0 amide bonds. The van der Waals surface area contributed by atoms with Gasteiger partial charge in [-0.1, -0.05) is 46.3 Å². The van der Waals surface area contributed by atoms with Crippen molar-refractivity contribution in [3.8, 4) is 0 Å². The van der Waals surface area contributed by atoms with Crippen molar-refractivity contribution in [2.24, 2.45) is 0 Å². The van der Waals surface area contributed by atoms with E-state index in [9.17, 15) is 8.42 Å². The summed E-state index contributed by atoms with van der Waals surface area (Å²) in [4.78, 5) is 0.263. The average Bonchev–Trinajstić information content (AvgIpc) is 2.47. The largest absolute Gasteiger partial charge is 0.384 e. The first kappa shape index (κ1) is 16.0. The predicted octanol–water partition coefficient (Wildman–Crippen LogP) is 3.36. The number of para-hydroxylation sites is 1. The van der Waals surface area contributed by atoms with Gasteiger partial charge in [-0.25, -0.2) is 13.1 Å². The van der Waals surface area contributed by atoms with Crippen molar-refractivity contribution in [2.45, 2.75) is 18.4 Å². The molecule has 0 atom stereocenters. The van der Waals surface area contributed by atoms with E-state index in [1.165, 1.54) is 0 Å². The third-order valence-electron chi connectivity index (χ3n) is 2.95. The van der Waals surface area contributed by atoms with Gasteiger partial charge in [0.25, 0.3) is 0 Å². The zero-order valence-electron chi connectivity index (χ0n) is 11.6. The van der Waals surface area contributed by atoms with Gasteiger partial charge in [-0.05, 0) is 30.7 Å². The number of rotatable bonds is 6. The van der Waals surface area contributed by atoms with Crippen LogP contribution in [0.4, 0.5) is 5.69 Å². The molecule has 0 radical (unpaired) electrons. The average molecular weight is 369 g/mol. The van der Waals surface area contributed by atoms with Crippen LogP contribution in [0.15, 0.2) is 57.9 Å². The molecule has 6 heteroatoms. The Morgan fingerprint density at radius 3 is 2.43 bits per heavy atom. The Morgan fingerprint density at radius 1 is 1.05 bits per heavy atom. The van der Waals surface area contributed by atoms with E-state index in [-0.39, 0.29) is 11.4 Å². The van der Waals surface area contributed by atoms with Crippen LogP contribution >= 0.6 is 15.9 Å². The molecule has 0 aliphatic heterocycles. The summed E-state index contributed by atoms with van der Waals surface area (Å²) in [5, 5.41) is 3.06. The topological polar surface area (TPSA) is 58.2 Å². The Morgan fingerprint density at radius 2 is 1.71 bits per heavy atom. The van der Waals surface area contributed by atoms with Crippen molar-refractivity contribution < 1.29 is 8.42 Å². The maximum atomic E-state index is 12.4. The van der Waals surface area contributed by atoms with Crippen LogP contribution in [0.5, 0.6) is 0 Å². The van der Waals surface area contributed by atoms with Gasteiger partial charge in [-0.3, -0.25) is 0 Å². The quantitative estimate of drug-likeness (QED) is 0.821. The lowest BCUT2D eigenvalue weighted by Crippen LogP contribution is -2.24. The van der Waals surface area contributed by atoms with Gasteiger partial charge in [0.05, 0.1) is 5.69 Å². The van der Waals surface area contributed by atoms with Gasteiger partial charge in [0, 0.05) is 17.6 Å². The van der Waals surface area contributed by atoms with Crippen LogP contribution in [-0.2, 0) is 16.6 Å². The summed E-state index contributed by atoms with van der Waals surface area (Å²) in [6.07, 6.45) is 0. The van der Waals surface area contributed by atoms with E-state index in [1.807, 2.05) is 37.3 Å². The maximum absolute atomic E-state index is 12.4. The van der Waals surface area contributed by atoms with E-state index < -0.39 is 10.0 Å². The third-order valence-corrected chi connectivity index (χ3v) is 5.19. The number of halogens is 1. The Labute approximate surface area is 133 Å². The van der Waals surface area contributed by atoms with Crippen LogP contribution in [-0.4, -0.2) is 15.0 Å². The summed E-state index contributed by atoms with van der Waals surface area (Å²) >= 11 is 3.41. The summed E-state index contributed by atoms with van der Waals surface area (Å²) in [6, 6.07) is 14.4. The predicted molar refractivity (Wildman–Crippen MR) is 88.8 cm³/mol. The molecule has 112 valence electrons. The number of sulfonamides is 1. The summed E-state index contributed by atoms with van der Waals surface area (Å²) < 4.78 is 28.4. The molecule has 0 saturated carbocycles. The minimum absolute atomic E-state index is 0.240. The third kappa shape index (κ3) is 4.06. The minimum atomic E-state index is -3.56. The molecule has 0 bridgehead atoms. The van der Waals surface area contributed by atoms with Crippen molar-refractivity contribution in [1.29, 1.82) is 0 Å². The zero-order valence-corrected chi connectivity index (χ0v) is 14.0. The first-order chi connectivity index (χ1) is 10.0. The highest BCUT2D eigenvalue weighted by atomic mass is 79.9. The number of hydrogen-bond acceptors (Lipinski definition) is 3. The lowest BCUT2D eigenvalue weighted by molar-refractivity contribution is 0.581. The smallest absolute Gasteiger partial charge is 0.242 e. The summed E-state index contributed by atoms with van der Waals surface area (Å²) in [5.41, 5.74) is 1.50. The van der Waals surface area contributed by atoms with Crippen LogP contribution in [0.1, 0.15) is 12.5 Å². The van der Waals surface area contributed by atoms with E-state index in [0.717, 1.165) is 10.0 Å². The number of benzene rings is 2. The van der Waals surface area contributed by atoms with Crippen molar-refractivity contribution in [2.75, 3.05) is 11.9 Å². The van der Waals surface area contributed by atoms with Crippen LogP contribution in [0.3, 0.4) is 0 Å². The Kier molecular flexibility index (Phi) is 5.39. The molecule has 0 aromatic heterocycles. The van der Waals surface area contributed by atoms with Crippen LogP contribution in [0.2, 0.25) is 0 Å². The van der Waals surface area contributed by atoms with Crippen molar-refractivity contribution >= 4 is 31.6 Å². The summed E-state index contributed by atoms with van der Waals surface area (Å²) in [5.74, 6) is 0. The number of anilines is 1. The monoisotopic (exact) mass is 368 g/mol. The molecule has 2 aromatic rings. The molecule has 4 nitrogen and oxygen atoms in total. The highest BCUT2D eigenvalue weighted by molar-refractivity contribution is 9.10. The molecule has 2 rings (SSSR count). The molecular formula is C15H17BrN2O2S. The fourth-order valence-corrected chi connectivity index (χ4v) is 3.54.